The fourth-order valence-electron chi connectivity index (χ4n) is 0.893. The van der Waals surface area contributed by atoms with E-state index in [1.165, 1.54) is 0 Å². The Balaban J connectivity index is 3.30. The second-order valence-electron chi connectivity index (χ2n) is 3.13. The third-order valence-electron chi connectivity index (χ3n) is 1.70. The highest BCUT2D eigenvalue weighted by Crippen LogP contribution is 2.00. The zero-order chi connectivity index (χ0) is 10.1. The minimum absolute atomic E-state index is 0.217. The van der Waals surface area contributed by atoms with Crippen LogP contribution in [0.1, 0.15) is 25.7 Å². The van der Waals surface area contributed by atoms with E-state index in [2.05, 4.69) is 28.1 Å². The molecule has 0 aliphatic carbocycles. The molecule has 2 nitrogen and oxygen atoms in total. The Hall–Kier alpha value is -0.310. The molecule has 0 spiro atoms. The summed E-state index contributed by atoms with van der Waals surface area (Å²) in [6, 6.07) is 0. The van der Waals surface area contributed by atoms with Gasteiger partial charge in [-0.1, -0.05) is 28.1 Å². The third kappa shape index (κ3) is 8.03. The molecule has 0 saturated carbocycles. The van der Waals surface area contributed by atoms with Gasteiger partial charge in [-0.05, 0) is 19.3 Å². The second kappa shape index (κ2) is 8.30. The molecule has 0 aromatic heterocycles. The van der Waals surface area contributed by atoms with Crippen LogP contribution in [0.2, 0.25) is 0 Å². The number of allylic oxidation sites excluding steroid dienone is 2. The molecule has 0 aromatic rings. The number of carbonyl (C=O) groups excluding carboxylic acids is 1. The molecule has 0 atom stereocenters. The lowest BCUT2D eigenvalue weighted by atomic mass is 10.2. The van der Waals surface area contributed by atoms with Crippen molar-refractivity contribution < 1.29 is 4.79 Å². The molecule has 0 N–H and O–H groups in total. The number of rotatable bonds is 6. The molecule has 76 valence electrons. The Bertz CT molecular complexity index is 166. The number of unbranched alkanes of at least 4 members (excludes halogenated alkanes) is 1. The standard InChI is InChI=1S/C10H18BrNO/c1-12(2)10(13)8-6-4-3-5-7-9-11/h3,5H,4,6-9H2,1-2H3/b5-3-. The van der Waals surface area contributed by atoms with Gasteiger partial charge in [0.05, 0.1) is 0 Å². The Morgan fingerprint density at radius 3 is 2.46 bits per heavy atom. The van der Waals surface area contributed by atoms with Gasteiger partial charge in [-0.2, -0.15) is 0 Å². The minimum atomic E-state index is 0.217. The highest BCUT2D eigenvalue weighted by molar-refractivity contribution is 9.09. The van der Waals surface area contributed by atoms with Gasteiger partial charge in [-0.25, -0.2) is 0 Å². The van der Waals surface area contributed by atoms with Crippen molar-refractivity contribution in [1.29, 1.82) is 0 Å². The van der Waals surface area contributed by atoms with Crippen molar-refractivity contribution in [2.45, 2.75) is 25.7 Å². The largest absolute Gasteiger partial charge is 0.349 e. The fraction of sp³-hybridized carbons (Fsp3) is 0.700. The minimum Gasteiger partial charge on any atom is -0.349 e. The molecule has 0 saturated heterocycles. The summed E-state index contributed by atoms with van der Waals surface area (Å²) in [5.74, 6) is 0.217. The first kappa shape index (κ1) is 12.7. The molecule has 0 rings (SSSR count). The lowest BCUT2D eigenvalue weighted by molar-refractivity contribution is -0.128. The zero-order valence-electron chi connectivity index (χ0n) is 8.42. The van der Waals surface area contributed by atoms with Crippen molar-refractivity contribution in [3.05, 3.63) is 12.2 Å². The molecule has 13 heavy (non-hydrogen) atoms. The lowest BCUT2D eigenvalue weighted by Gasteiger charge is -2.08. The van der Waals surface area contributed by atoms with Crippen LogP contribution in [0.15, 0.2) is 12.2 Å². The Morgan fingerprint density at radius 2 is 1.92 bits per heavy atom. The summed E-state index contributed by atoms with van der Waals surface area (Å²) >= 11 is 3.35. The van der Waals surface area contributed by atoms with E-state index in [0.717, 1.165) is 24.6 Å². The molecule has 0 radical (unpaired) electrons. The van der Waals surface area contributed by atoms with E-state index < -0.39 is 0 Å². The third-order valence-corrected chi connectivity index (χ3v) is 2.16. The van der Waals surface area contributed by atoms with Crippen LogP contribution < -0.4 is 0 Å². The molecule has 0 heterocycles. The van der Waals surface area contributed by atoms with Crippen LogP contribution in [0.3, 0.4) is 0 Å². The Kier molecular flexibility index (Phi) is 8.10. The molecule has 0 aliphatic rings. The molecule has 0 aromatic carbocycles. The molecule has 0 fully saturated rings. The van der Waals surface area contributed by atoms with E-state index in [4.69, 9.17) is 0 Å². The zero-order valence-corrected chi connectivity index (χ0v) is 10.0. The molecule has 0 bridgehead atoms. The van der Waals surface area contributed by atoms with E-state index in [1.54, 1.807) is 19.0 Å². The quantitative estimate of drug-likeness (QED) is 0.402. The molecule has 0 unspecified atom stereocenters. The van der Waals surface area contributed by atoms with Gasteiger partial charge in [0.1, 0.15) is 0 Å². The maximum atomic E-state index is 11.1. The summed E-state index contributed by atoms with van der Waals surface area (Å²) in [7, 11) is 3.59. The fourth-order valence-corrected chi connectivity index (χ4v) is 1.16. The lowest BCUT2D eigenvalue weighted by Crippen LogP contribution is -2.20. The van der Waals surface area contributed by atoms with Gasteiger partial charge >= 0.3 is 0 Å². The van der Waals surface area contributed by atoms with E-state index in [-0.39, 0.29) is 5.91 Å². The van der Waals surface area contributed by atoms with E-state index in [0.29, 0.717) is 6.42 Å². The van der Waals surface area contributed by atoms with Gasteiger partial charge in [0.15, 0.2) is 0 Å². The van der Waals surface area contributed by atoms with Crippen LogP contribution in [-0.4, -0.2) is 30.2 Å². The van der Waals surface area contributed by atoms with Crippen LogP contribution in [0.5, 0.6) is 0 Å². The van der Waals surface area contributed by atoms with E-state index in [1.807, 2.05) is 0 Å². The van der Waals surface area contributed by atoms with Crippen LogP contribution in [0.25, 0.3) is 0 Å². The summed E-state index contributed by atoms with van der Waals surface area (Å²) in [4.78, 5) is 12.8. The first-order chi connectivity index (χ1) is 6.18. The predicted octanol–water partition coefficient (Wildman–Crippen LogP) is 2.59. The molecule has 1 amide bonds. The van der Waals surface area contributed by atoms with Crippen LogP contribution in [0, 0.1) is 0 Å². The highest BCUT2D eigenvalue weighted by Gasteiger charge is 2.00. The maximum absolute atomic E-state index is 11.1. The van der Waals surface area contributed by atoms with Gasteiger partial charge in [0, 0.05) is 25.8 Å². The summed E-state index contributed by atoms with van der Waals surface area (Å²) < 4.78 is 0. The summed E-state index contributed by atoms with van der Waals surface area (Å²) in [6.07, 6.45) is 7.98. The number of amides is 1. The van der Waals surface area contributed by atoms with E-state index in [9.17, 15) is 4.79 Å². The SMILES string of the molecule is CN(C)C(=O)CCC/C=C\CCBr. The first-order valence-electron chi connectivity index (χ1n) is 4.59. The molecular formula is C10H18BrNO. The van der Waals surface area contributed by atoms with Crippen molar-refractivity contribution in [1.82, 2.24) is 4.90 Å². The summed E-state index contributed by atoms with van der Waals surface area (Å²) in [5.41, 5.74) is 0. The molecular weight excluding hydrogens is 230 g/mol. The average molecular weight is 248 g/mol. The normalized spacial score (nSPS) is 10.7. The summed E-state index contributed by atoms with van der Waals surface area (Å²) in [5, 5.41) is 1.01. The van der Waals surface area contributed by atoms with Gasteiger partial charge in [-0.3, -0.25) is 4.79 Å². The van der Waals surface area contributed by atoms with Crippen molar-refractivity contribution in [2.75, 3.05) is 19.4 Å². The van der Waals surface area contributed by atoms with Crippen molar-refractivity contribution in [3.63, 3.8) is 0 Å². The molecule has 0 aliphatic heterocycles. The van der Waals surface area contributed by atoms with Crippen molar-refractivity contribution in [2.24, 2.45) is 0 Å². The number of nitrogens with zero attached hydrogens (tertiary/aromatic N) is 1. The number of hydrogen-bond acceptors (Lipinski definition) is 1. The number of hydrogen-bond donors (Lipinski definition) is 0. The monoisotopic (exact) mass is 247 g/mol. The first-order valence-corrected chi connectivity index (χ1v) is 5.71. The van der Waals surface area contributed by atoms with Gasteiger partial charge < -0.3 is 4.90 Å². The van der Waals surface area contributed by atoms with Crippen LogP contribution in [0.4, 0.5) is 0 Å². The number of halogens is 1. The van der Waals surface area contributed by atoms with Gasteiger partial charge in [0.25, 0.3) is 0 Å². The number of carbonyl (C=O) groups is 1. The van der Waals surface area contributed by atoms with Crippen molar-refractivity contribution >= 4 is 21.8 Å². The topological polar surface area (TPSA) is 20.3 Å². The van der Waals surface area contributed by atoms with Crippen LogP contribution in [-0.2, 0) is 4.79 Å². The Labute approximate surface area is 89.1 Å². The number of alkyl halides is 1. The highest BCUT2D eigenvalue weighted by atomic mass is 79.9. The Morgan fingerprint density at radius 1 is 1.31 bits per heavy atom. The van der Waals surface area contributed by atoms with Crippen LogP contribution >= 0.6 is 15.9 Å². The van der Waals surface area contributed by atoms with E-state index >= 15 is 0 Å². The van der Waals surface area contributed by atoms with Gasteiger partial charge in [0.2, 0.25) is 5.91 Å². The second-order valence-corrected chi connectivity index (χ2v) is 3.92. The molecule has 3 heteroatoms. The van der Waals surface area contributed by atoms with Crippen molar-refractivity contribution in [3.8, 4) is 0 Å². The average Bonchev–Trinajstić information content (AvgIpc) is 2.10. The summed E-state index contributed by atoms with van der Waals surface area (Å²) in [6.45, 7) is 0. The maximum Gasteiger partial charge on any atom is 0.222 e. The smallest absolute Gasteiger partial charge is 0.222 e. The van der Waals surface area contributed by atoms with Gasteiger partial charge in [-0.15, -0.1) is 0 Å². The predicted molar refractivity (Wildman–Crippen MR) is 60.1 cm³/mol.